The molecule has 0 aliphatic carbocycles. The molecule has 34 heavy (non-hydrogen) atoms. The third-order valence-electron chi connectivity index (χ3n) is 6.14. The number of rotatable bonds is 4. The molecule has 5 rings (SSSR count). The Labute approximate surface area is 206 Å². The molecule has 0 radical (unpaired) electrons. The van der Waals surface area contributed by atoms with E-state index in [2.05, 4.69) is 4.90 Å². The average Bonchev–Trinajstić information content (AvgIpc) is 3.19. The minimum absolute atomic E-state index is 0.0522. The van der Waals surface area contributed by atoms with E-state index in [4.69, 9.17) is 22.3 Å². The number of piperazine rings is 1. The second kappa shape index (κ2) is 9.08. The first-order valence-corrected chi connectivity index (χ1v) is 12.2. The first-order chi connectivity index (χ1) is 16.4. The zero-order valence-corrected chi connectivity index (χ0v) is 20.2. The van der Waals surface area contributed by atoms with Crippen LogP contribution in [0.1, 0.15) is 27.0 Å². The van der Waals surface area contributed by atoms with Crippen LogP contribution in [0.5, 0.6) is 0 Å². The minimum atomic E-state index is -0.0635. The van der Waals surface area contributed by atoms with Gasteiger partial charge in [0.2, 0.25) is 0 Å². The van der Waals surface area contributed by atoms with Gasteiger partial charge in [0.1, 0.15) is 9.71 Å². The number of carbonyl (C=O) groups is 2. The van der Waals surface area contributed by atoms with Gasteiger partial charge in [0.25, 0.3) is 5.91 Å². The summed E-state index contributed by atoms with van der Waals surface area (Å²) < 4.78 is 0. The van der Waals surface area contributed by atoms with Crippen LogP contribution in [0, 0.1) is 0 Å². The van der Waals surface area contributed by atoms with Crippen LogP contribution in [0.3, 0.4) is 0 Å². The van der Waals surface area contributed by atoms with E-state index >= 15 is 0 Å². The summed E-state index contributed by atoms with van der Waals surface area (Å²) in [6.07, 6.45) is 0. The number of thiophene rings is 1. The van der Waals surface area contributed by atoms with E-state index in [1.807, 2.05) is 65.6 Å². The van der Waals surface area contributed by atoms with Crippen LogP contribution in [0.2, 0.25) is 5.02 Å². The van der Waals surface area contributed by atoms with Crippen molar-refractivity contribution in [2.45, 2.75) is 6.92 Å². The number of carbonyl (C=O) groups excluding carboxylic acids is 2. The van der Waals surface area contributed by atoms with Crippen molar-refractivity contribution in [3.05, 3.63) is 76.1 Å². The Balaban J connectivity index is 1.33. The maximum atomic E-state index is 13.3. The first kappa shape index (κ1) is 22.4. The molecule has 2 N–H and O–H groups in total. The molecule has 172 valence electrons. The summed E-state index contributed by atoms with van der Waals surface area (Å²) in [5, 5.41) is 1.41. The summed E-state index contributed by atoms with van der Waals surface area (Å²) in [5.41, 5.74) is 10.2. The number of pyridine rings is 1. The predicted octanol–water partition coefficient (Wildman–Crippen LogP) is 5.36. The molecule has 8 heteroatoms. The van der Waals surface area contributed by atoms with Gasteiger partial charge in [0.15, 0.2) is 5.78 Å². The van der Waals surface area contributed by atoms with Crippen molar-refractivity contribution in [3.63, 3.8) is 0 Å². The fourth-order valence-corrected chi connectivity index (χ4v) is 5.49. The van der Waals surface area contributed by atoms with Gasteiger partial charge in [0, 0.05) is 53.4 Å². The molecule has 1 fully saturated rings. The third kappa shape index (κ3) is 4.13. The molecule has 0 bridgehead atoms. The van der Waals surface area contributed by atoms with Crippen molar-refractivity contribution in [2.75, 3.05) is 36.8 Å². The Bertz CT molecular complexity index is 1390. The fourth-order valence-electron chi connectivity index (χ4n) is 4.19. The summed E-state index contributed by atoms with van der Waals surface area (Å²) >= 11 is 7.66. The number of aromatic nitrogens is 1. The topological polar surface area (TPSA) is 79.5 Å². The van der Waals surface area contributed by atoms with Crippen molar-refractivity contribution >= 4 is 56.2 Å². The predicted molar refractivity (Wildman–Crippen MR) is 139 cm³/mol. The highest BCUT2D eigenvalue weighted by molar-refractivity contribution is 7.21. The number of hydrogen-bond acceptors (Lipinski definition) is 6. The maximum absolute atomic E-state index is 13.3. The smallest absolute Gasteiger partial charge is 0.266 e. The average molecular weight is 491 g/mol. The molecule has 2 aromatic heterocycles. The van der Waals surface area contributed by atoms with Gasteiger partial charge in [-0.15, -0.1) is 11.3 Å². The van der Waals surface area contributed by atoms with Gasteiger partial charge in [-0.1, -0.05) is 29.8 Å². The van der Waals surface area contributed by atoms with Crippen LogP contribution in [0.25, 0.3) is 21.5 Å². The fraction of sp³-hybridized carbons (Fsp3) is 0.192. The molecule has 4 aromatic rings. The largest absolute Gasteiger partial charge is 0.397 e. The Morgan fingerprint density at radius 1 is 0.971 bits per heavy atom. The number of halogens is 1. The summed E-state index contributed by atoms with van der Waals surface area (Å²) in [5.74, 6) is -0.0114. The number of nitrogens with zero attached hydrogens (tertiary/aromatic N) is 3. The normalized spacial score (nSPS) is 13.9. The summed E-state index contributed by atoms with van der Waals surface area (Å²) in [7, 11) is 0. The van der Waals surface area contributed by atoms with Crippen LogP contribution in [-0.4, -0.2) is 47.8 Å². The number of hydrogen-bond donors (Lipinski definition) is 1. The Morgan fingerprint density at radius 2 is 1.68 bits per heavy atom. The molecular formula is C26H23ClN4O2S. The molecule has 1 saturated heterocycles. The van der Waals surface area contributed by atoms with Gasteiger partial charge in [0.05, 0.1) is 11.4 Å². The van der Waals surface area contributed by atoms with Gasteiger partial charge < -0.3 is 15.5 Å². The lowest BCUT2D eigenvalue weighted by molar-refractivity contribution is 0.0752. The number of ketones is 1. The van der Waals surface area contributed by atoms with Gasteiger partial charge in [-0.3, -0.25) is 9.59 Å². The van der Waals surface area contributed by atoms with E-state index < -0.39 is 0 Å². The summed E-state index contributed by atoms with van der Waals surface area (Å²) in [4.78, 5) is 34.9. The Hall–Kier alpha value is -3.42. The minimum Gasteiger partial charge on any atom is -0.397 e. The van der Waals surface area contributed by atoms with E-state index in [1.165, 1.54) is 11.3 Å². The van der Waals surface area contributed by atoms with Crippen molar-refractivity contribution in [1.29, 1.82) is 0 Å². The van der Waals surface area contributed by atoms with E-state index in [0.717, 1.165) is 27.2 Å². The molecule has 6 nitrogen and oxygen atoms in total. The van der Waals surface area contributed by atoms with Crippen LogP contribution < -0.4 is 10.6 Å². The highest BCUT2D eigenvalue weighted by Crippen LogP contribution is 2.36. The lowest BCUT2D eigenvalue weighted by Gasteiger charge is -2.36. The summed E-state index contributed by atoms with van der Waals surface area (Å²) in [6.45, 7) is 4.18. The van der Waals surface area contributed by atoms with Crippen LogP contribution in [-0.2, 0) is 0 Å². The lowest BCUT2D eigenvalue weighted by atomic mass is 10.1. The second-order valence-corrected chi connectivity index (χ2v) is 9.66. The summed E-state index contributed by atoms with van der Waals surface area (Å²) in [6, 6.07) is 19.0. The number of fused-ring (bicyclic) bond motifs is 1. The molecule has 0 atom stereocenters. The highest BCUT2D eigenvalue weighted by Gasteiger charge is 2.26. The van der Waals surface area contributed by atoms with Crippen LogP contribution in [0.4, 0.5) is 11.4 Å². The molecule has 1 amide bonds. The van der Waals surface area contributed by atoms with Gasteiger partial charge in [-0.05, 0) is 49.4 Å². The lowest BCUT2D eigenvalue weighted by Crippen LogP contribution is -2.48. The van der Waals surface area contributed by atoms with Gasteiger partial charge in [-0.2, -0.15) is 0 Å². The van der Waals surface area contributed by atoms with Crippen LogP contribution >= 0.6 is 22.9 Å². The molecule has 1 aliphatic rings. The van der Waals surface area contributed by atoms with Gasteiger partial charge >= 0.3 is 0 Å². The van der Waals surface area contributed by atoms with E-state index in [1.54, 1.807) is 6.92 Å². The van der Waals surface area contributed by atoms with Crippen molar-refractivity contribution in [1.82, 2.24) is 9.88 Å². The van der Waals surface area contributed by atoms with Crippen molar-refractivity contribution in [2.24, 2.45) is 0 Å². The molecule has 3 heterocycles. The zero-order valence-electron chi connectivity index (χ0n) is 18.6. The molecular weight excluding hydrogens is 468 g/mol. The number of nitrogen functional groups attached to an aromatic ring is 1. The van der Waals surface area contributed by atoms with Crippen LogP contribution in [0.15, 0.2) is 60.7 Å². The molecule has 1 aliphatic heterocycles. The first-order valence-electron chi connectivity index (χ1n) is 11.0. The Morgan fingerprint density at radius 3 is 2.35 bits per heavy atom. The second-order valence-electron chi connectivity index (χ2n) is 8.26. The van der Waals surface area contributed by atoms with Gasteiger partial charge in [-0.25, -0.2) is 4.98 Å². The number of amides is 1. The van der Waals surface area contributed by atoms with E-state index in [-0.39, 0.29) is 11.7 Å². The maximum Gasteiger partial charge on any atom is 0.266 e. The SMILES string of the molecule is CC(=O)c1ccc(N2CCN(C(=O)c3sc4nc(-c5ccccc5Cl)ccc4c3N)CC2)cc1. The van der Waals surface area contributed by atoms with E-state index in [9.17, 15) is 9.59 Å². The highest BCUT2D eigenvalue weighted by atomic mass is 35.5. The number of nitrogens with two attached hydrogens (primary N) is 1. The molecule has 2 aromatic carbocycles. The van der Waals surface area contributed by atoms with E-state index in [0.29, 0.717) is 47.3 Å². The molecule has 0 unspecified atom stereocenters. The standard InChI is InChI=1S/C26H23ClN4O2S/c1-16(32)17-6-8-18(9-7-17)30-12-14-31(15-13-30)26(33)24-23(28)20-10-11-22(29-25(20)34-24)19-4-2-3-5-21(19)27/h2-11H,12-15,28H2,1H3. The molecule has 0 spiro atoms. The third-order valence-corrected chi connectivity index (χ3v) is 7.58. The molecule has 0 saturated carbocycles. The number of anilines is 2. The number of Topliss-reactive ketones (excluding diaryl/α,β-unsaturated/α-hetero) is 1. The van der Waals surface area contributed by atoms with Crippen molar-refractivity contribution < 1.29 is 9.59 Å². The quantitative estimate of drug-likeness (QED) is 0.389. The zero-order chi connectivity index (χ0) is 23.8. The number of benzene rings is 2. The van der Waals surface area contributed by atoms with Crippen molar-refractivity contribution in [3.8, 4) is 11.3 Å². The monoisotopic (exact) mass is 490 g/mol. The Kier molecular flexibility index (Phi) is 5.98.